The number of anilines is 10. The van der Waals surface area contributed by atoms with Crippen LogP contribution in [0.3, 0.4) is 0 Å². The van der Waals surface area contributed by atoms with Gasteiger partial charge >= 0.3 is 23.9 Å². The molecule has 0 bridgehead atoms. The fraction of sp³-hybridized carbons (Fsp3) is 0.200. The molecule has 4 aromatic carbocycles. The number of aliphatic hydroxyl groups excluding tert-OH is 1. The molecule has 29 heteroatoms. The van der Waals surface area contributed by atoms with E-state index in [2.05, 4.69) is 40.5 Å². The predicted molar refractivity (Wildman–Crippen MR) is 267 cm³/mol. The minimum atomic E-state index is -5.09. The van der Waals surface area contributed by atoms with Gasteiger partial charge in [-0.15, -0.1) is 0 Å². The second-order valence-electron chi connectivity index (χ2n) is 15.5. The molecule has 0 saturated carbocycles. The molecule has 0 saturated heterocycles. The average Bonchev–Trinajstić information content (AvgIpc) is 3.33. The van der Waals surface area contributed by atoms with Gasteiger partial charge in [-0.1, -0.05) is 67.6 Å². The number of carbonyl (C=O) groups is 4. The second-order valence-corrected chi connectivity index (χ2v) is 18.3. The van der Waals surface area contributed by atoms with E-state index < -0.39 is 92.6 Å². The average molecular weight is 1060 g/mol. The highest BCUT2D eigenvalue weighted by Gasteiger charge is 2.25. The largest absolute Gasteiger partial charge is 0.480 e. The summed E-state index contributed by atoms with van der Waals surface area (Å²) in [4.78, 5) is 76.5. The number of aliphatic hydroxyl groups is 1. The van der Waals surface area contributed by atoms with Gasteiger partial charge in [-0.2, -0.15) is 46.7 Å². The van der Waals surface area contributed by atoms with E-state index in [9.17, 15) is 70.7 Å². The van der Waals surface area contributed by atoms with E-state index in [1.807, 2.05) is 6.92 Å². The van der Waals surface area contributed by atoms with Crippen molar-refractivity contribution in [3.8, 4) is 0 Å². The number of rotatable bonds is 26. The molecular weight excluding hydrogens is 1010 g/mol. The highest BCUT2D eigenvalue weighted by atomic mass is 32.2. The van der Waals surface area contributed by atoms with Crippen molar-refractivity contribution in [1.29, 1.82) is 0 Å². The Labute approximate surface area is 421 Å². The molecule has 0 fully saturated rings. The molecule has 0 aliphatic heterocycles. The SMILES string of the molecule is CCCN(c1ccccc1)c1nc(Nc2ccc(/C=C/c3ccc(Nc4nc(N(CC(=O)O)CC(=O)O)nc(N(CCO)c5ccccc5)n4)cc3S(=O)(=O)O)c(S(=O)(=O)O)c2)nc(N(CC(=O)O)CC(=O)O)n1. The van der Waals surface area contributed by atoms with Gasteiger partial charge in [0.1, 0.15) is 36.0 Å². The van der Waals surface area contributed by atoms with Gasteiger partial charge < -0.3 is 55.8 Å². The number of benzene rings is 4. The third kappa shape index (κ3) is 14.8. The summed E-state index contributed by atoms with van der Waals surface area (Å²) in [7, 11) is -10.2. The van der Waals surface area contributed by atoms with Crippen molar-refractivity contribution in [2.24, 2.45) is 0 Å². The maximum atomic E-state index is 12.9. The molecule has 9 N–H and O–H groups in total. The van der Waals surface area contributed by atoms with Gasteiger partial charge in [0.25, 0.3) is 20.2 Å². The number of para-hydroxylation sites is 2. The van der Waals surface area contributed by atoms with Crippen LogP contribution in [0.2, 0.25) is 0 Å². The van der Waals surface area contributed by atoms with Crippen LogP contribution in [-0.4, -0.2) is 151 Å². The minimum absolute atomic E-state index is 0.0366. The van der Waals surface area contributed by atoms with Gasteiger partial charge in [-0.25, -0.2) is 0 Å². The van der Waals surface area contributed by atoms with Gasteiger partial charge in [-0.05, 0) is 66.1 Å². The van der Waals surface area contributed by atoms with Crippen LogP contribution in [0.15, 0.2) is 107 Å². The summed E-state index contributed by atoms with van der Waals surface area (Å²) in [6.07, 6.45) is 2.80. The topological polar surface area (TPSA) is 393 Å². The summed E-state index contributed by atoms with van der Waals surface area (Å²) < 4.78 is 72.3. The van der Waals surface area contributed by atoms with E-state index in [0.717, 1.165) is 34.1 Å². The van der Waals surface area contributed by atoms with Crippen molar-refractivity contribution in [1.82, 2.24) is 29.9 Å². The van der Waals surface area contributed by atoms with Gasteiger partial charge in [0.05, 0.1) is 6.61 Å². The Hall–Kier alpha value is -8.90. The van der Waals surface area contributed by atoms with Crippen LogP contribution < -0.4 is 30.2 Å². The van der Waals surface area contributed by atoms with E-state index in [4.69, 9.17) is 0 Å². The summed E-state index contributed by atoms with van der Waals surface area (Å²) in [5, 5.41) is 53.8. The molecule has 6 aromatic rings. The molecule has 0 radical (unpaired) electrons. The first-order valence-electron chi connectivity index (χ1n) is 21.7. The van der Waals surface area contributed by atoms with E-state index in [0.29, 0.717) is 24.3 Å². The van der Waals surface area contributed by atoms with Crippen LogP contribution >= 0.6 is 0 Å². The lowest BCUT2D eigenvalue weighted by Gasteiger charge is -2.25. The quantitative estimate of drug-likeness (QED) is 0.0275. The number of aromatic nitrogens is 6. The van der Waals surface area contributed by atoms with Crippen molar-refractivity contribution < 1.29 is 70.7 Å². The lowest BCUT2D eigenvalue weighted by Crippen LogP contribution is -2.36. The summed E-state index contributed by atoms with van der Waals surface area (Å²) in [6, 6.07) is 24.1. The van der Waals surface area contributed by atoms with E-state index in [1.165, 1.54) is 29.2 Å². The predicted octanol–water partition coefficient (Wildman–Crippen LogP) is 3.84. The van der Waals surface area contributed by atoms with E-state index in [1.54, 1.807) is 65.6 Å². The summed E-state index contributed by atoms with van der Waals surface area (Å²) >= 11 is 0. The molecule has 2 heterocycles. The Morgan fingerprint density at radius 1 is 0.514 bits per heavy atom. The van der Waals surface area contributed by atoms with E-state index >= 15 is 0 Å². The molecule has 0 spiro atoms. The molecule has 0 amide bonds. The first kappa shape index (κ1) is 54.4. The Kier molecular flexibility index (Phi) is 17.7. The number of nitrogens with zero attached hydrogens (tertiary/aromatic N) is 10. The van der Waals surface area contributed by atoms with E-state index in [-0.39, 0.29) is 58.8 Å². The zero-order chi connectivity index (χ0) is 53.7. The normalized spacial score (nSPS) is 11.5. The molecule has 27 nitrogen and oxygen atoms in total. The summed E-state index contributed by atoms with van der Waals surface area (Å²) in [5.41, 5.74) is 0.518. The van der Waals surface area contributed by atoms with Gasteiger partial charge in [-0.3, -0.25) is 28.3 Å². The fourth-order valence-electron chi connectivity index (χ4n) is 7.00. The Morgan fingerprint density at radius 2 is 0.865 bits per heavy atom. The molecule has 0 aliphatic carbocycles. The van der Waals surface area contributed by atoms with Crippen LogP contribution in [0.1, 0.15) is 24.5 Å². The number of nitrogens with one attached hydrogen (secondary N) is 2. The number of hydrogen-bond donors (Lipinski definition) is 9. The maximum absolute atomic E-state index is 12.9. The lowest BCUT2D eigenvalue weighted by atomic mass is 10.1. The van der Waals surface area contributed by atoms with Crippen molar-refractivity contribution in [2.45, 2.75) is 23.1 Å². The highest BCUT2D eigenvalue weighted by Crippen LogP contribution is 2.31. The number of hydrogen-bond acceptors (Lipinski definition) is 21. The smallest absolute Gasteiger partial charge is 0.323 e. The maximum Gasteiger partial charge on any atom is 0.323 e. The third-order valence-corrected chi connectivity index (χ3v) is 11.8. The minimum Gasteiger partial charge on any atom is -0.480 e. The first-order valence-corrected chi connectivity index (χ1v) is 24.6. The molecule has 0 aliphatic rings. The van der Waals surface area contributed by atoms with Crippen LogP contribution in [-0.2, 0) is 39.4 Å². The molecule has 2 aromatic heterocycles. The summed E-state index contributed by atoms with van der Waals surface area (Å²) in [5.74, 6) is -7.33. The fourth-order valence-corrected chi connectivity index (χ4v) is 8.42. The summed E-state index contributed by atoms with van der Waals surface area (Å²) in [6.45, 7) is -1.70. The molecular formula is C45H46N12O15S2. The van der Waals surface area contributed by atoms with Crippen molar-refractivity contribution in [2.75, 3.05) is 76.1 Å². The number of carboxylic acid groups (broad SMARTS) is 4. The van der Waals surface area contributed by atoms with Gasteiger partial charge in [0, 0.05) is 35.8 Å². The van der Waals surface area contributed by atoms with Crippen molar-refractivity contribution in [3.05, 3.63) is 108 Å². The zero-order valence-electron chi connectivity index (χ0n) is 38.7. The molecule has 74 heavy (non-hydrogen) atoms. The van der Waals surface area contributed by atoms with Crippen LogP contribution in [0.4, 0.5) is 58.4 Å². The standard InChI is InChI=1S/C45H46N12O15S2/c1-2-19-56(32-9-5-3-6-10-32)44-50-40(48-42(52-44)54(24-36(59)60)25-37(61)62)46-30-17-15-28(34(22-30)73(67,68)69)13-14-29-16-18-31(23-35(29)74(70,71)72)47-41-49-43(55(26-38(63)64)27-39(65)66)53-45(51-41)57(20-21-58)33-11-7-4-8-12-33/h3-18,22-23,58H,2,19-21,24-27H2,1H3,(H,59,60)(H,61,62)(H,63,64)(H,65,66)(H,67,68,69)(H,70,71,72)(H,46,48,50,52)(H,47,49,51,53)/b14-13+. The number of carboxylic acids is 4. The highest BCUT2D eigenvalue weighted by molar-refractivity contribution is 7.86. The second kappa shape index (κ2) is 24.0. The van der Waals surface area contributed by atoms with Crippen LogP contribution in [0.5, 0.6) is 0 Å². The zero-order valence-corrected chi connectivity index (χ0v) is 40.4. The Bertz CT molecular complexity index is 3040. The molecule has 0 atom stereocenters. The Balaban J connectivity index is 1.38. The molecule has 6 rings (SSSR count). The number of aliphatic carboxylic acids is 4. The van der Waals surface area contributed by atoms with Gasteiger partial charge in [0.15, 0.2) is 0 Å². The molecule has 0 unspecified atom stereocenters. The van der Waals surface area contributed by atoms with Crippen LogP contribution in [0.25, 0.3) is 12.2 Å². The first-order chi connectivity index (χ1) is 35.1. The third-order valence-electron chi connectivity index (χ3n) is 10.0. The monoisotopic (exact) mass is 1060 g/mol. The molecule has 388 valence electrons. The van der Waals surface area contributed by atoms with Crippen molar-refractivity contribution >= 4 is 115 Å². The Morgan fingerprint density at radius 3 is 1.19 bits per heavy atom. The van der Waals surface area contributed by atoms with Gasteiger partial charge in [0.2, 0.25) is 35.7 Å². The van der Waals surface area contributed by atoms with Crippen LogP contribution in [0, 0.1) is 0 Å². The lowest BCUT2D eigenvalue weighted by molar-refractivity contribution is -0.138. The van der Waals surface area contributed by atoms with Crippen molar-refractivity contribution in [3.63, 3.8) is 0 Å².